The molecule has 4 heteroatoms. The Balaban J connectivity index is 1.52. The topological polar surface area (TPSA) is 36.4 Å². The minimum absolute atomic E-state index is 0.00401. The molecular formula is C22H23N3O. The summed E-state index contributed by atoms with van der Waals surface area (Å²) in [4.78, 5) is 21.8. The van der Waals surface area contributed by atoms with Crippen molar-refractivity contribution in [2.24, 2.45) is 0 Å². The van der Waals surface area contributed by atoms with Crippen molar-refractivity contribution in [3.63, 3.8) is 0 Å². The van der Waals surface area contributed by atoms with Crippen LogP contribution in [0.5, 0.6) is 0 Å². The number of likely N-dealkylation sites (N-methyl/N-ethyl adjacent to an activating group) is 1. The number of pyridine rings is 1. The smallest absolute Gasteiger partial charge is 0.272 e. The maximum Gasteiger partial charge on any atom is 0.272 e. The predicted octanol–water partition coefficient (Wildman–Crippen LogP) is 3.98. The van der Waals surface area contributed by atoms with Gasteiger partial charge in [-0.25, -0.2) is 4.98 Å². The Morgan fingerprint density at radius 2 is 1.81 bits per heavy atom. The van der Waals surface area contributed by atoms with E-state index in [1.165, 1.54) is 5.69 Å². The predicted molar refractivity (Wildman–Crippen MR) is 106 cm³/mol. The molecule has 1 atom stereocenters. The second-order valence-electron chi connectivity index (χ2n) is 6.88. The third-order valence-electron chi connectivity index (χ3n) is 5.20. The van der Waals surface area contributed by atoms with Crippen molar-refractivity contribution in [1.82, 2.24) is 9.88 Å². The third kappa shape index (κ3) is 3.27. The molecule has 1 aromatic heterocycles. The van der Waals surface area contributed by atoms with Gasteiger partial charge in [0.05, 0.1) is 5.52 Å². The molecule has 3 aromatic rings. The highest BCUT2D eigenvalue weighted by molar-refractivity contribution is 5.95. The number of aromatic nitrogens is 1. The van der Waals surface area contributed by atoms with Gasteiger partial charge in [0.15, 0.2) is 0 Å². The molecular weight excluding hydrogens is 322 g/mol. The number of nitrogens with zero attached hydrogens (tertiary/aromatic N) is 3. The molecule has 1 unspecified atom stereocenters. The summed E-state index contributed by atoms with van der Waals surface area (Å²) in [5, 5.41) is 1.06. The number of hydrogen-bond donors (Lipinski definition) is 0. The van der Waals surface area contributed by atoms with Crippen molar-refractivity contribution in [2.45, 2.75) is 18.9 Å². The number of para-hydroxylation sites is 2. The molecule has 4 rings (SSSR count). The molecule has 0 bridgehead atoms. The van der Waals surface area contributed by atoms with Gasteiger partial charge in [0.2, 0.25) is 0 Å². The number of hydrogen-bond acceptors (Lipinski definition) is 3. The van der Waals surface area contributed by atoms with Crippen molar-refractivity contribution < 1.29 is 4.79 Å². The number of rotatable bonds is 3. The van der Waals surface area contributed by atoms with Gasteiger partial charge in [-0.3, -0.25) is 4.79 Å². The lowest BCUT2D eigenvalue weighted by atomic mass is 10.0. The van der Waals surface area contributed by atoms with Crippen LogP contribution in [0.1, 0.15) is 23.3 Å². The fourth-order valence-corrected chi connectivity index (χ4v) is 3.68. The highest BCUT2D eigenvalue weighted by Gasteiger charge is 2.27. The van der Waals surface area contributed by atoms with E-state index in [4.69, 9.17) is 0 Å². The average Bonchev–Trinajstić information content (AvgIpc) is 2.73. The van der Waals surface area contributed by atoms with Crippen LogP contribution in [0.15, 0.2) is 66.7 Å². The van der Waals surface area contributed by atoms with Crippen LogP contribution in [0.25, 0.3) is 10.9 Å². The molecule has 1 saturated heterocycles. The molecule has 2 aromatic carbocycles. The van der Waals surface area contributed by atoms with Crippen LogP contribution in [0.3, 0.4) is 0 Å². The van der Waals surface area contributed by atoms with Crippen LogP contribution in [-0.4, -0.2) is 42.0 Å². The van der Waals surface area contributed by atoms with E-state index in [2.05, 4.69) is 34.1 Å². The van der Waals surface area contributed by atoms with Gasteiger partial charge < -0.3 is 9.80 Å². The minimum atomic E-state index is -0.00401. The molecule has 0 N–H and O–H groups in total. The minimum Gasteiger partial charge on any atom is -0.369 e. The molecule has 2 heterocycles. The van der Waals surface area contributed by atoms with Gasteiger partial charge in [-0.15, -0.1) is 0 Å². The first-order valence-corrected chi connectivity index (χ1v) is 9.15. The molecule has 132 valence electrons. The number of piperidine rings is 1. The average molecular weight is 345 g/mol. The Labute approximate surface area is 154 Å². The van der Waals surface area contributed by atoms with Crippen molar-refractivity contribution in [3.8, 4) is 0 Å². The van der Waals surface area contributed by atoms with Crippen LogP contribution in [-0.2, 0) is 0 Å². The largest absolute Gasteiger partial charge is 0.369 e. The quantitative estimate of drug-likeness (QED) is 0.720. The van der Waals surface area contributed by atoms with Crippen molar-refractivity contribution in [2.75, 3.05) is 25.0 Å². The molecule has 0 saturated carbocycles. The highest BCUT2D eigenvalue weighted by Crippen LogP contribution is 2.23. The molecule has 26 heavy (non-hydrogen) atoms. The number of carbonyl (C=O) groups excluding carboxylic acids is 1. The zero-order valence-corrected chi connectivity index (χ0v) is 15.0. The molecule has 0 aliphatic carbocycles. The second kappa shape index (κ2) is 7.16. The van der Waals surface area contributed by atoms with Gasteiger partial charge in [-0.1, -0.05) is 42.5 Å². The van der Waals surface area contributed by atoms with Crippen LogP contribution < -0.4 is 4.90 Å². The Morgan fingerprint density at radius 3 is 2.65 bits per heavy atom. The fraction of sp³-hybridized carbons (Fsp3) is 0.273. The van der Waals surface area contributed by atoms with Crippen LogP contribution in [0.2, 0.25) is 0 Å². The van der Waals surface area contributed by atoms with Gasteiger partial charge in [0, 0.05) is 37.3 Å². The summed E-state index contributed by atoms with van der Waals surface area (Å²) in [6.45, 7) is 1.90. The maximum absolute atomic E-state index is 13.0. The number of benzene rings is 2. The van der Waals surface area contributed by atoms with Gasteiger partial charge in [0.1, 0.15) is 5.69 Å². The van der Waals surface area contributed by atoms with Gasteiger partial charge in [-0.2, -0.15) is 0 Å². The van der Waals surface area contributed by atoms with Gasteiger partial charge >= 0.3 is 0 Å². The Bertz CT molecular complexity index is 909. The summed E-state index contributed by atoms with van der Waals surface area (Å²) in [6.07, 6.45) is 2.11. The molecule has 4 nitrogen and oxygen atoms in total. The first kappa shape index (κ1) is 16.6. The first-order chi connectivity index (χ1) is 12.7. The van der Waals surface area contributed by atoms with Crippen LogP contribution >= 0.6 is 0 Å². The summed E-state index contributed by atoms with van der Waals surface area (Å²) in [5.41, 5.74) is 2.60. The summed E-state index contributed by atoms with van der Waals surface area (Å²) in [7, 11) is 1.90. The van der Waals surface area contributed by atoms with Crippen molar-refractivity contribution in [3.05, 3.63) is 72.4 Å². The van der Waals surface area contributed by atoms with E-state index < -0.39 is 0 Å². The van der Waals surface area contributed by atoms with E-state index in [9.17, 15) is 4.79 Å². The molecule has 1 aliphatic rings. The lowest BCUT2D eigenvalue weighted by Gasteiger charge is -2.38. The Morgan fingerprint density at radius 1 is 1.04 bits per heavy atom. The number of carbonyl (C=O) groups is 1. The number of amides is 1. The number of anilines is 1. The SMILES string of the molecule is CN(C(=O)c1ccc2ccccc2n1)C1CCCN(c2ccccc2)C1. The third-order valence-corrected chi connectivity index (χ3v) is 5.20. The Kier molecular flexibility index (Phi) is 4.57. The van der Waals surface area contributed by atoms with Crippen molar-refractivity contribution >= 4 is 22.5 Å². The summed E-state index contributed by atoms with van der Waals surface area (Å²) >= 11 is 0. The standard InChI is InChI=1S/C22H23N3O/c1-24(19-11-7-15-25(16-19)18-9-3-2-4-10-18)22(26)21-14-13-17-8-5-6-12-20(17)23-21/h2-6,8-10,12-14,19H,7,11,15-16H2,1H3. The van der Waals surface area contributed by atoms with Gasteiger partial charge in [0.25, 0.3) is 5.91 Å². The van der Waals surface area contributed by atoms with Crippen molar-refractivity contribution in [1.29, 1.82) is 0 Å². The monoisotopic (exact) mass is 345 g/mol. The van der Waals surface area contributed by atoms with E-state index in [1.807, 2.05) is 54.4 Å². The van der Waals surface area contributed by atoms with E-state index in [1.54, 1.807) is 0 Å². The van der Waals surface area contributed by atoms with E-state index >= 15 is 0 Å². The summed E-state index contributed by atoms with van der Waals surface area (Å²) < 4.78 is 0. The van der Waals surface area contributed by atoms with Crippen LogP contribution in [0, 0.1) is 0 Å². The second-order valence-corrected chi connectivity index (χ2v) is 6.88. The molecule has 0 radical (unpaired) electrons. The first-order valence-electron chi connectivity index (χ1n) is 9.15. The van der Waals surface area contributed by atoms with Gasteiger partial charge in [-0.05, 0) is 37.1 Å². The summed E-state index contributed by atoms with van der Waals surface area (Å²) in [5.74, 6) is -0.00401. The molecule has 1 fully saturated rings. The lowest BCUT2D eigenvalue weighted by molar-refractivity contribution is 0.0712. The highest BCUT2D eigenvalue weighted by atomic mass is 16.2. The Hall–Kier alpha value is -2.88. The summed E-state index contributed by atoms with van der Waals surface area (Å²) in [6, 6.07) is 22.3. The fourth-order valence-electron chi connectivity index (χ4n) is 3.68. The molecule has 1 amide bonds. The zero-order chi connectivity index (χ0) is 17.9. The van der Waals surface area contributed by atoms with Crippen LogP contribution in [0.4, 0.5) is 5.69 Å². The van der Waals surface area contributed by atoms with E-state index in [-0.39, 0.29) is 11.9 Å². The maximum atomic E-state index is 13.0. The molecule has 1 aliphatic heterocycles. The van der Waals surface area contributed by atoms with E-state index in [0.717, 1.165) is 36.8 Å². The molecule has 0 spiro atoms. The normalized spacial score (nSPS) is 17.3. The number of fused-ring (bicyclic) bond motifs is 1. The van der Waals surface area contributed by atoms with E-state index in [0.29, 0.717) is 5.69 Å². The zero-order valence-electron chi connectivity index (χ0n) is 15.0. The lowest BCUT2D eigenvalue weighted by Crippen LogP contribution is -2.48.